The molecule has 5 rings (SSSR count). The first-order valence-electron chi connectivity index (χ1n) is 13.9. The number of carbonyl (C=O) groups is 3. The second kappa shape index (κ2) is 12.8. The third-order valence-corrected chi connectivity index (χ3v) is 7.91. The van der Waals surface area contributed by atoms with E-state index in [4.69, 9.17) is 5.26 Å². The Bertz CT molecular complexity index is 1420. The van der Waals surface area contributed by atoms with Crippen LogP contribution in [0.25, 0.3) is 0 Å². The van der Waals surface area contributed by atoms with Crippen LogP contribution in [-0.2, 0) is 6.54 Å². The van der Waals surface area contributed by atoms with Crippen LogP contribution in [0, 0.1) is 23.1 Å². The lowest BCUT2D eigenvalue weighted by Gasteiger charge is -2.34. The van der Waals surface area contributed by atoms with Crippen molar-refractivity contribution >= 4 is 17.6 Å². The number of benzene rings is 2. The van der Waals surface area contributed by atoms with Gasteiger partial charge in [-0.25, -0.2) is 4.39 Å². The van der Waals surface area contributed by atoms with Crippen molar-refractivity contribution in [3.8, 4) is 6.07 Å². The van der Waals surface area contributed by atoms with E-state index in [1.807, 2.05) is 24.3 Å². The number of halogens is 1. The molecule has 41 heavy (non-hydrogen) atoms. The Morgan fingerprint density at radius 2 is 1.39 bits per heavy atom. The van der Waals surface area contributed by atoms with Gasteiger partial charge in [-0.1, -0.05) is 12.1 Å². The first-order chi connectivity index (χ1) is 19.9. The van der Waals surface area contributed by atoms with Crippen molar-refractivity contribution < 1.29 is 18.8 Å². The second-order valence-corrected chi connectivity index (χ2v) is 10.7. The summed E-state index contributed by atoms with van der Waals surface area (Å²) < 4.78 is 13.2. The SMILES string of the molecule is N#Cc1ccc(CN2CCC(CC(=O)c3ccc(C(=O)N4CCN(C(=O)c5ccc(F)cc5)CC4)cn3)CC2)cc1. The number of carbonyl (C=O) groups excluding carboxylic acids is 3. The van der Waals surface area contributed by atoms with Gasteiger partial charge in [0, 0.05) is 50.9 Å². The van der Waals surface area contributed by atoms with Gasteiger partial charge in [-0.3, -0.25) is 24.3 Å². The van der Waals surface area contributed by atoms with Crippen molar-refractivity contribution in [2.24, 2.45) is 5.92 Å². The molecule has 0 N–H and O–H groups in total. The van der Waals surface area contributed by atoms with Gasteiger partial charge in [0.15, 0.2) is 5.78 Å². The highest BCUT2D eigenvalue weighted by Gasteiger charge is 2.27. The molecule has 0 spiro atoms. The number of ketones is 1. The third kappa shape index (κ3) is 7.02. The van der Waals surface area contributed by atoms with Gasteiger partial charge in [-0.05, 0) is 85.9 Å². The number of amides is 2. The molecule has 0 aliphatic carbocycles. The summed E-state index contributed by atoms with van der Waals surface area (Å²) in [6.45, 7) is 4.22. The number of piperazine rings is 1. The van der Waals surface area contributed by atoms with Crippen molar-refractivity contribution in [2.45, 2.75) is 25.8 Å². The number of rotatable bonds is 7. The molecule has 0 bridgehead atoms. The Hall–Kier alpha value is -4.42. The van der Waals surface area contributed by atoms with Crippen LogP contribution in [0.4, 0.5) is 4.39 Å². The van der Waals surface area contributed by atoms with Crippen molar-refractivity contribution in [3.05, 3.63) is 101 Å². The lowest BCUT2D eigenvalue weighted by atomic mass is 9.90. The van der Waals surface area contributed by atoms with Crippen LogP contribution in [0.15, 0.2) is 66.9 Å². The number of hydrogen-bond donors (Lipinski definition) is 0. The Morgan fingerprint density at radius 3 is 1.95 bits per heavy atom. The number of piperidine rings is 1. The van der Waals surface area contributed by atoms with Crippen LogP contribution in [0.5, 0.6) is 0 Å². The minimum absolute atomic E-state index is 0.0116. The highest BCUT2D eigenvalue weighted by molar-refractivity contribution is 5.97. The second-order valence-electron chi connectivity index (χ2n) is 10.7. The molecule has 2 saturated heterocycles. The average Bonchev–Trinajstić information content (AvgIpc) is 3.02. The topological polar surface area (TPSA) is 97.6 Å². The molecule has 210 valence electrons. The van der Waals surface area contributed by atoms with Gasteiger partial charge in [0.25, 0.3) is 11.8 Å². The monoisotopic (exact) mass is 553 g/mol. The minimum Gasteiger partial charge on any atom is -0.335 e. The molecular formula is C32H32FN5O3. The van der Waals surface area contributed by atoms with Gasteiger partial charge in [-0.2, -0.15) is 5.26 Å². The fourth-order valence-electron chi connectivity index (χ4n) is 5.41. The normalized spacial score (nSPS) is 16.3. The van der Waals surface area contributed by atoms with Crippen LogP contribution in [0.3, 0.4) is 0 Å². The van der Waals surface area contributed by atoms with Gasteiger partial charge < -0.3 is 9.80 Å². The van der Waals surface area contributed by atoms with Gasteiger partial charge >= 0.3 is 0 Å². The van der Waals surface area contributed by atoms with Crippen LogP contribution >= 0.6 is 0 Å². The largest absolute Gasteiger partial charge is 0.335 e. The molecule has 3 aromatic rings. The van der Waals surface area contributed by atoms with Gasteiger partial charge in [0.05, 0.1) is 17.2 Å². The molecule has 2 aliphatic rings. The van der Waals surface area contributed by atoms with Gasteiger partial charge in [-0.15, -0.1) is 0 Å². The summed E-state index contributed by atoms with van der Waals surface area (Å²) >= 11 is 0. The Kier molecular flexibility index (Phi) is 8.80. The predicted molar refractivity (Wildman–Crippen MR) is 151 cm³/mol. The Labute approximate surface area is 239 Å². The summed E-state index contributed by atoms with van der Waals surface area (Å²) in [5.41, 5.74) is 3.04. The molecule has 2 aromatic carbocycles. The number of nitrogens with zero attached hydrogens (tertiary/aromatic N) is 5. The quantitative estimate of drug-likeness (QED) is 0.408. The van der Waals surface area contributed by atoms with Crippen LogP contribution in [-0.4, -0.2) is 76.5 Å². The van der Waals surface area contributed by atoms with Crippen molar-refractivity contribution in [3.63, 3.8) is 0 Å². The molecule has 2 aliphatic heterocycles. The molecule has 8 nitrogen and oxygen atoms in total. The molecule has 0 radical (unpaired) electrons. The molecule has 0 atom stereocenters. The Morgan fingerprint density at radius 1 is 0.805 bits per heavy atom. The molecule has 2 amide bonds. The fourth-order valence-corrected chi connectivity index (χ4v) is 5.41. The van der Waals surface area contributed by atoms with E-state index in [2.05, 4.69) is 16.0 Å². The zero-order valence-electron chi connectivity index (χ0n) is 22.8. The van der Waals surface area contributed by atoms with E-state index in [9.17, 15) is 18.8 Å². The smallest absolute Gasteiger partial charge is 0.255 e. The Balaban J connectivity index is 1.07. The first kappa shape index (κ1) is 28.1. The summed E-state index contributed by atoms with van der Waals surface area (Å²) in [6, 6.07) is 18.5. The van der Waals surface area contributed by atoms with Crippen molar-refractivity contribution in [1.29, 1.82) is 5.26 Å². The zero-order valence-corrected chi connectivity index (χ0v) is 22.8. The molecular weight excluding hydrogens is 521 g/mol. The van der Waals surface area contributed by atoms with E-state index in [0.717, 1.165) is 32.5 Å². The number of hydrogen-bond acceptors (Lipinski definition) is 6. The number of nitriles is 1. The summed E-state index contributed by atoms with van der Waals surface area (Å²) in [4.78, 5) is 48.6. The molecule has 3 heterocycles. The number of likely N-dealkylation sites (tertiary alicyclic amines) is 1. The zero-order chi connectivity index (χ0) is 28.8. The first-order valence-corrected chi connectivity index (χ1v) is 13.9. The van der Waals surface area contributed by atoms with Gasteiger partial charge in [0.1, 0.15) is 11.5 Å². The van der Waals surface area contributed by atoms with E-state index in [-0.39, 0.29) is 17.6 Å². The number of aromatic nitrogens is 1. The molecule has 9 heteroatoms. The summed E-state index contributed by atoms with van der Waals surface area (Å²) in [7, 11) is 0. The third-order valence-electron chi connectivity index (χ3n) is 7.91. The van der Waals surface area contributed by atoms with E-state index in [1.54, 1.807) is 21.9 Å². The summed E-state index contributed by atoms with van der Waals surface area (Å²) in [5, 5.41) is 8.96. The van der Waals surface area contributed by atoms with Crippen LogP contribution in [0.1, 0.15) is 61.6 Å². The lowest BCUT2D eigenvalue weighted by molar-refractivity contribution is 0.0535. The van der Waals surface area contributed by atoms with Gasteiger partial charge in [0.2, 0.25) is 0 Å². The number of pyridine rings is 1. The molecule has 2 fully saturated rings. The lowest BCUT2D eigenvalue weighted by Crippen LogP contribution is -2.50. The standard InChI is InChI=1S/C32H32FN5O3/c33-28-8-5-26(6-9-28)31(40)37-15-17-38(18-16-37)32(41)27-7-10-29(35-21-27)30(39)19-23-11-13-36(14-12-23)22-25-3-1-24(20-34)2-4-25/h1-10,21,23H,11-19,22H2. The predicted octanol–water partition coefficient (Wildman–Crippen LogP) is 4.18. The minimum atomic E-state index is -0.393. The average molecular weight is 554 g/mol. The molecule has 0 unspecified atom stereocenters. The van der Waals surface area contributed by atoms with E-state index in [0.29, 0.717) is 60.9 Å². The highest BCUT2D eigenvalue weighted by atomic mass is 19.1. The highest BCUT2D eigenvalue weighted by Crippen LogP contribution is 2.24. The van der Waals surface area contributed by atoms with Crippen molar-refractivity contribution in [2.75, 3.05) is 39.3 Å². The fraction of sp³-hybridized carbons (Fsp3) is 0.344. The summed E-state index contributed by atoms with van der Waals surface area (Å²) in [6.07, 6.45) is 3.78. The maximum atomic E-state index is 13.2. The number of Topliss-reactive ketones (excluding diaryl/α,β-unsaturated/α-hetero) is 1. The maximum absolute atomic E-state index is 13.2. The van der Waals surface area contributed by atoms with Crippen molar-refractivity contribution in [1.82, 2.24) is 19.7 Å². The van der Waals surface area contributed by atoms with E-state index < -0.39 is 5.82 Å². The molecule has 0 saturated carbocycles. The van der Waals surface area contributed by atoms with Crippen LogP contribution in [0.2, 0.25) is 0 Å². The van der Waals surface area contributed by atoms with E-state index in [1.165, 1.54) is 36.0 Å². The van der Waals surface area contributed by atoms with Crippen LogP contribution < -0.4 is 0 Å². The van der Waals surface area contributed by atoms with E-state index >= 15 is 0 Å². The summed E-state index contributed by atoms with van der Waals surface area (Å²) in [5.74, 6) is -0.464. The molecule has 1 aromatic heterocycles. The maximum Gasteiger partial charge on any atom is 0.255 e.